The lowest BCUT2D eigenvalue weighted by molar-refractivity contribution is 0.392. The molecular formula is C10H24N2O2S. The first-order valence-electron chi connectivity index (χ1n) is 5.54. The van der Waals surface area contributed by atoms with Crippen LogP contribution in [0.15, 0.2) is 0 Å². The molecule has 4 nitrogen and oxygen atoms in total. The summed E-state index contributed by atoms with van der Waals surface area (Å²) in [6, 6.07) is 0. The molecule has 0 aliphatic heterocycles. The molecule has 0 heterocycles. The summed E-state index contributed by atoms with van der Waals surface area (Å²) in [6.45, 7) is 4.27. The number of rotatable bonds is 9. The van der Waals surface area contributed by atoms with Crippen molar-refractivity contribution in [3.8, 4) is 0 Å². The molecule has 92 valence electrons. The second-order valence-electron chi connectivity index (χ2n) is 4.00. The van der Waals surface area contributed by atoms with Gasteiger partial charge in [-0.1, -0.05) is 6.92 Å². The second kappa shape index (κ2) is 8.07. The van der Waals surface area contributed by atoms with Gasteiger partial charge in [0.15, 0.2) is 9.84 Å². The van der Waals surface area contributed by atoms with E-state index in [1.165, 1.54) is 0 Å². The van der Waals surface area contributed by atoms with E-state index < -0.39 is 9.84 Å². The Balaban J connectivity index is 3.26. The highest BCUT2D eigenvalue weighted by Crippen LogP contribution is 1.90. The predicted octanol–water partition coefficient (Wildman–Crippen LogP) is 0.353. The van der Waals surface area contributed by atoms with Crippen molar-refractivity contribution in [1.82, 2.24) is 10.2 Å². The SMILES string of the molecule is CCS(=O)(=O)CCNCCCCN(C)C. The summed E-state index contributed by atoms with van der Waals surface area (Å²) < 4.78 is 22.3. The molecule has 1 N–H and O–H groups in total. The topological polar surface area (TPSA) is 49.4 Å². The van der Waals surface area contributed by atoms with E-state index >= 15 is 0 Å². The highest BCUT2D eigenvalue weighted by molar-refractivity contribution is 7.91. The Labute approximate surface area is 94.0 Å². The van der Waals surface area contributed by atoms with E-state index in [0.717, 1.165) is 25.9 Å². The number of nitrogens with zero attached hydrogens (tertiary/aromatic N) is 1. The van der Waals surface area contributed by atoms with Gasteiger partial charge in [0, 0.05) is 12.3 Å². The normalized spacial score (nSPS) is 12.3. The van der Waals surface area contributed by atoms with Crippen LogP contribution < -0.4 is 5.32 Å². The Hall–Kier alpha value is -0.130. The monoisotopic (exact) mass is 236 g/mol. The zero-order valence-corrected chi connectivity index (χ0v) is 10.9. The number of unbranched alkanes of at least 4 members (excludes halogenated alkanes) is 1. The van der Waals surface area contributed by atoms with Crippen LogP contribution in [-0.2, 0) is 9.84 Å². The van der Waals surface area contributed by atoms with Gasteiger partial charge >= 0.3 is 0 Å². The number of nitrogens with one attached hydrogen (secondary N) is 1. The minimum absolute atomic E-state index is 0.245. The molecule has 0 radical (unpaired) electrons. The van der Waals surface area contributed by atoms with Gasteiger partial charge in [0.05, 0.1) is 5.75 Å². The predicted molar refractivity (Wildman–Crippen MR) is 65.0 cm³/mol. The average molecular weight is 236 g/mol. The van der Waals surface area contributed by atoms with Crippen molar-refractivity contribution in [3.05, 3.63) is 0 Å². The number of hydrogen-bond donors (Lipinski definition) is 1. The largest absolute Gasteiger partial charge is 0.316 e. The summed E-state index contributed by atoms with van der Waals surface area (Å²) in [4.78, 5) is 2.15. The second-order valence-corrected chi connectivity index (χ2v) is 6.47. The molecule has 0 aromatic carbocycles. The number of hydrogen-bond acceptors (Lipinski definition) is 4. The molecule has 0 aromatic heterocycles. The first-order valence-corrected chi connectivity index (χ1v) is 7.36. The molecule has 0 saturated heterocycles. The van der Waals surface area contributed by atoms with Crippen LogP contribution in [0.5, 0.6) is 0 Å². The third kappa shape index (κ3) is 10.2. The molecule has 15 heavy (non-hydrogen) atoms. The highest BCUT2D eigenvalue weighted by Gasteiger charge is 2.05. The summed E-state index contributed by atoms with van der Waals surface area (Å²) >= 11 is 0. The van der Waals surface area contributed by atoms with Crippen molar-refractivity contribution in [2.45, 2.75) is 19.8 Å². The van der Waals surface area contributed by atoms with Gasteiger partial charge in [0.1, 0.15) is 0 Å². The van der Waals surface area contributed by atoms with Gasteiger partial charge in [-0.3, -0.25) is 0 Å². The molecule has 5 heteroatoms. The maximum absolute atomic E-state index is 11.1. The first-order chi connectivity index (χ1) is 6.98. The molecule has 0 spiro atoms. The summed E-state index contributed by atoms with van der Waals surface area (Å²) in [6.07, 6.45) is 2.25. The maximum atomic E-state index is 11.1. The standard InChI is InChI=1S/C10H24N2O2S/c1-4-15(13,14)10-8-11-7-5-6-9-12(2)3/h11H,4-10H2,1-3H3. The van der Waals surface area contributed by atoms with Crippen molar-refractivity contribution >= 4 is 9.84 Å². The maximum Gasteiger partial charge on any atom is 0.151 e. The molecule has 0 atom stereocenters. The Morgan fingerprint density at radius 3 is 2.33 bits per heavy atom. The minimum Gasteiger partial charge on any atom is -0.316 e. The van der Waals surface area contributed by atoms with Gasteiger partial charge in [0.2, 0.25) is 0 Å². The molecule has 0 bridgehead atoms. The van der Waals surface area contributed by atoms with Crippen LogP contribution in [0.1, 0.15) is 19.8 Å². The molecule has 0 aliphatic rings. The molecule has 0 unspecified atom stereocenters. The van der Waals surface area contributed by atoms with Crippen LogP contribution in [0.25, 0.3) is 0 Å². The van der Waals surface area contributed by atoms with E-state index in [0.29, 0.717) is 6.54 Å². The Kier molecular flexibility index (Phi) is 8.00. The van der Waals surface area contributed by atoms with Gasteiger partial charge in [-0.15, -0.1) is 0 Å². The fourth-order valence-electron chi connectivity index (χ4n) is 1.18. The summed E-state index contributed by atoms with van der Waals surface area (Å²) in [5.74, 6) is 0.506. The average Bonchev–Trinajstić information content (AvgIpc) is 2.16. The Morgan fingerprint density at radius 1 is 1.13 bits per heavy atom. The smallest absolute Gasteiger partial charge is 0.151 e. The lowest BCUT2D eigenvalue weighted by atomic mass is 10.3. The van der Waals surface area contributed by atoms with Gasteiger partial charge < -0.3 is 10.2 Å². The third-order valence-corrected chi connectivity index (χ3v) is 3.94. The zero-order valence-electron chi connectivity index (χ0n) is 10.1. The van der Waals surface area contributed by atoms with E-state index in [4.69, 9.17) is 0 Å². The lowest BCUT2D eigenvalue weighted by Gasteiger charge is -2.09. The van der Waals surface area contributed by atoms with Crippen LogP contribution in [0.3, 0.4) is 0 Å². The number of sulfone groups is 1. The molecule has 0 fully saturated rings. The molecule has 0 amide bonds. The van der Waals surface area contributed by atoms with Crippen LogP contribution in [-0.4, -0.2) is 58.6 Å². The molecule has 0 saturated carbocycles. The van der Waals surface area contributed by atoms with Crippen LogP contribution in [0.4, 0.5) is 0 Å². The molecular weight excluding hydrogens is 212 g/mol. The Bertz CT molecular complexity index is 238. The summed E-state index contributed by atoms with van der Waals surface area (Å²) in [7, 11) is 1.32. The first kappa shape index (κ1) is 14.9. The van der Waals surface area contributed by atoms with Crippen molar-refractivity contribution in [2.75, 3.05) is 45.2 Å². The van der Waals surface area contributed by atoms with E-state index in [2.05, 4.69) is 24.3 Å². The zero-order chi connectivity index (χ0) is 11.7. The van der Waals surface area contributed by atoms with Crippen molar-refractivity contribution in [2.24, 2.45) is 0 Å². The van der Waals surface area contributed by atoms with E-state index in [1.807, 2.05) is 0 Å². The Morgan fingerprint density at radius 2 is 1.80 bits per heavy atom. The molecule has 0 aromatic rings. The fourth-order valence-corrected chi connectivity index (χ4v) is 1.92. The van der Waals surface area contributed by atoms with Gasteiger partial charge in [-0.2, -0.15) is 0 Å². The molecule has 0 aliphatic carbocycles. The van der Waals surface area contributed by atoms with Crippen molar-refractivity contribution in [3.63, 3.8) is 0 Å². The van der Waals surface area contributed by atoms with E-state index in [9.17, 15) is 8.42 Å². The van der Waals surface area contributed by atoms with E-state index in [-0.39, 0.29) is 11.5 Å². The quantitative estimate of drug-likeness (QED) is 0.587. The highest BCUT2D eigenvalue weighted by atomic mass is 32.2. The fraction of sp³-hybridized carbons (Fsp3) is 1.00. The summed E-state index contributed by atoms with van der Waals surface area (Å²) in [5.41, 5.74) is 0. The van der Waals surface area contributed by atoms with Crippen LogP contribution in [0.2, 0.25) is 0 Å². The van der Waals surface area contributed by atoms with Crippen molar-refractivity contribution in [1.29, 1.82) is 0 Å². The summed E-state index contributed by atoms with van der Waals surface area (Å²) in [5, 5.41) is 3.15. The minimum atomic E-state index is -2.80. The van der Waals surface area contributed by atoms with Gasteiger partial charge in [0.25, 0.3) is 0 Å². The molecule has 0 rings (SSSR count). The van der Waals surface area contributed by atoms with Gasteiger partial charge in [-0.05, 0) is 40.0 Å². The lowest BCUT2D eigenvalue weighted by Crippen LogP contribution is -2.25. The van der Waals surface area contributed by atoms with Crippen molar-refractivity contribution < 1.29 is 8.42 Å². The van der Waals surface area contributed by atoms with Crippen LogP contribution in [0, 0.1) is 0 Å². The third-order valence-electron chi connectivity index (χ3n) is 2.24. The van der Waals surface area contributed by atoms with E-state index in [1.54, 1.807) is 6.92 Å². The van der Waals surface area contributed by atoms with Crippen LogP contribution >= 0.6 is 0 Å². The van der Waals surface area contributed by atoms with Gasteiger partial charge in [-0.25, -0.2) is 8.42 Å².